The van der Waals surface area contributed by atoms with Gasteiger partial charge in [0.1, 0.15) is 7.14 Å². The van der Waals surface area contributed by atoms with Gasteiger partial charge in [0, 0.05) is 35.6 Å². The van der Waals surface area contributed by atoms with Crippen molar-refractivity contribution in [1.29, 1.82) is 0 Å². The van der Waals surface area contributed by atoms with Crippen molar-refractivity contribution < 1.29 is 4.57 Å². The van der Waals surface area contributed by atoms with Crippen LogP contribution in [0.3, 0.4) is 0 Å². The summed E-state index contributed by atoms with van der Waals surface area (Å²) in [6, 6.07) is 25.6. The topological polar surface area (TPSA) is 42.0 Å². The molecule has 0 unspecified atom stereocenters. The maximum Gasteiger partial charge on any atom is 0.144 e. The molecule has 1 N–H and O–H groups in total. The van der Waals surface area contributed by atoms with E-state index in [-0.39, 0.29) is 0 Å². The molecule has 3 nitrogen and oxygen atoms in total. The molecular weight excluding hydrogens is 327 g/mol. The molecule has 2 aromatic carbocycles. The van der Waals surface area contributed by atoms with Crippen molar-refractivity contribution in [2.45, 2.75) is 13.5 Å². The smallest absolute Gasteiger partial charge is 0.144 e. The lowest BCUT2D eigenvalue weighted by molar-refractivity contribution is 0.583. The Morgan fingerprint density at radius 3 is 2.00 bits per heavy atom. The zero-order valence-electron chi connectivity index (χ0n) is 14.4. The summed E-state index contributed by atoms with van der Waals surface area (Å²) in [7, 11) is -2.64. The SMILES string of the molecule is Cc1cccc(CNCCP(=O)(c2ccccc2)c2ccccc2)n1. The molecule has 0 aliphatic rings. The molecule has 0 aliphatic heterocycles. The van der Waals surface area contributed by atoms with Crippen LogP contribution in [0, 0.1) is 6.92 Å². The van der Waals surface area contributed by atoms with Gasteiger partial charge in [0.2, 0.25) is 0 Å². The molecule has 0 fully saturated rings. The Balaban J connectivity index is 1.72. The fraction of sp³-hybridized carbons (Fsp3) is 0.190. The lowest BCUT2D eigenvalue weighted by Crippen LogP contribution is -2.25. The van der Waals surface area contributed by atoms with Crippen LogP contribution < -0.4 is 15.9 Å². The second-order valence-electron chi connectivity index (χ2n) is 6.08. The Morgan fingerprint density at radius 2 is 1.44 bits per heavy atom. The first-order chi connectivity index (χ1) is 12.2. The maximum atomic E-state index is 13.8. The van der Waals surface area contributed by atoms with Crippen LogP contribution in [0.15, 0.2) is 78.9 Å². The van der Waals surface area contributed by atoms with E-state index in [0.717, 1.165) is 22.0 Å². The van der Waals surface area contributed by atoms with Gasteiger partial charge in [0.05, 0.1) is 5.69 Å². The zero-order chi connectivity index (χ0) is 17.5. The van der Waals surface area contributed by atoms with Gasteiger partial charge in [-0.1, -0.05) is 66.7 Å². The number of benzene rings is 2. The van der Waals surface area contributed by atoms with Gasteiger partial charge in [0.15, 0.2) is 0 Å². The van der Waals surface area contributed by atoms with E-state index in [2.05, 4.69) is 10.3 Å². The molecular formula is C21H23N2OP. The summed E-state index contributed by atoms with van der Waals surface area (Å²) in [5, 5.41) is 5.22. The number of pyridine rings is 1. The molecule has 0 aliphatic carbocycles. The number of nitrogens with one attached hydrogen (secondary N) is 1. The number of nitrogens with zero attached hydrogens (tertiary/aromatic N) is 1. The van der Waals surface area contributed by atoms with Gasteiger partial charge < -0.3 is 9.88 Å². The Morgan fingerprint density at radius 1 is 0.840 bits per heavy atom. The number of hydrogen-bond acceptors (Lipinski definition) is 3. The minimum atomic E-state index is -2.64. The van der Waals surface area contributed by atoms with Gasteiger partial charge in [0.25, 0.3) is 0 Å². The molecule has 128 valence electrons. The van der Waals surface area contributed by atoms with Gasteiger partial charge in [-0.25, -0.2) is 0 Å². The van der Waals surface area contributed by atoms with Crippen molar-refractivity contribution in [3.8, 4) is 0 Å². The van der Waals surface area contributed by atoms with Gasteiger partial charge >= 0.3 is 0 Å². The molecule has 0 radical (unpaired) electrons. The van der Waals surface area contributed by atoms with Crippen LogP contribution in [-0.2, 0) is 11.1 Å². The summed E-state index contributed by atoms with van der Waals surface area (Å²) in [6.07, 6.45) is 0.590. The maximum absolute atomic E-state index is 13.8. The van der Waals surface area contributed by atoms with Crippen LogP contribution in [0.2, 0.25) is 0 Å². The van der Waals surface area contributed by atoms with Crippen LogP contribution in [0.4, 0.5) is 0 Å². The van der Waals surface area contributed by atoms with E-state index in [1.807, 2.05) is 85.8 Å². The molecule has 1 aromatic heterocycles. The zero-order valence-corrected chi connectivity index (χ0v) is 15.3. The van der Waals surface area contributed by atoms with E-state index in [4.69, 9.17) is 0 Å². The van der Waals surface area contributed by atoms with E-state index in [9.17, 15) is 4.57 Å². The molecule has 25 heavy (non-hydrogen) atoms. The molecule has 4 heteroatoms. The van der Waals surface area contributed by atoms with Crippen molar-refractivity contribution in [1.82, 2.24) is 10.3 Å². The van der Waals surface area contributed by atoms with E-state index in [1.165, 1.54) is 0 Å². The second-order valence-corrected chi connectivity index (χ2v) is 9.04. The van der Waals surface area contributed by atoms with Crippen molar-refractivity contribution >= 4 is 17.8 Å². The second kappa shape index (κ2) is 8.24. The van der Waals surface area contributed by atoms with Gasteiger partial charge in [-0.2, -0.15) is 0 Å². The normalized spacial score (nSPS) is 11.4. The van der Waals surface area contributed by atoms with Crippen molar-refractivity contribution in [3.63, 3.8) is 0 Å². The Labute approximate surface area is 149 Å². The summed E-state index contributed by atoms with van der Waals surface area (Å²) >= 11 is 0. The summed E-state index contributed by atoms with van der Waals surface area (Å²) in [5.74, 6) is 0. The highest BCUT2D eigenvalue weighted by Crippen LogP contribution is 2.42. The summed E-state index contributed by atoms with van der Waals surface area (Å²) < 4.78 is 13.8. The van der Waals surface area contributed by atoms with E-state index in [0.29, 0.717) is 19.3 Å². The van der Waals surface area contributed by atoms with E-state index < -0.39 is 7.14 Å². The fourth-order valence-electron chi connectivity index (χ4n) is 2.90. The standard InChI is InChI=1S/C21H23N2OP/c1-18-9-8-10-19(23-18)17-22-15-16-25(24,20-11-4-2-5-12-20)21-13-6-3-7-14-21/h2-14,22H,15-17H2,1H3. The van der Waals surface area contributed by atoms with Gasteiger partial charge in [-0.05, 0) is 19.1 Å². The third-order valence-electron chi connectivity index (χ3n) is 4.20. The third kappa shape index (κ3) is 4.45. The minimum absolute atomic E-state index is 0.590. The number of hydrogen-bond donors (Lipinski definition) is 1. The number of rotatable bonds is 7. The molecule has 3 rings (SSSR count). The quantitative estimate of drug-likeness (QED) is 0.524. The van der Waals surface area contributed by atoms with E-state index >= 15 is 0 Å². The Bertz CT molecular complexity index is 807. The highest BCUT2D eigenvalue weighted by molar-refractivity contribution is 7.78. The predicted octanol–water partition coefficient (Wildman–Crippen LogP) is 3.49. The molecule has 0 spiro atoms. The first kappa shape index (κ1) is 17.6. The molecule has 0 amide bonds. The molecule has 0 saturated carbocycles. The van der Waals surface area contributed by atoms with Gasteiger partial charge in [-0.3, -0.25) is 4.98 Å². The average Bonchev–Trinajstić information content (AvgIpc) is 2.66. The molecule has 0 saturated heterocycles. The van der Waals surface area contributed by atoms with Crippen LogP contribution in [0.5, 0.6) is 0 Å². The Kier molecular flexibility index (Phi) is 5.80. The largest absolute Gasteiger partial charge is 0.314 e. The molecule has 0 atom stereocenters. The van der Waals surface area contributed by atoms with Crippen molar-refractivity contribution in [2.24, 2.45) is 0 Å². The summed E-state index contributed by atoms with van der Waals surface area (Å²) in [5.41, 5.74) is 2.02. The number of aryl methyl sites for hydroxylation is 1. The predicted molar refractivity (Wildman–Crippen MR) is 105 cm³/mol. The lowest BCUT2D eigenvalue weighted by Gasteiger charge is -2.19. The van der Waals surface area contributed by atoms with Crippen molar-refractivity contribution in [3.05, 3.63) is 90.3 Å². The Hall–Kier alpha value is -2.22. The minimum Gasteiger partial charge on any atom is -0.314 e. The lowest BCUT2D eigenvalue weighted by atomic mass is 10.3. The third-order valence-corrected chi connectivity index (χ3v) is 7.32. The molecule has 1 heterocycles. The number of aromatic nitrogens is 1. The van der Waals surface area contributed by atoms with Crippen LogP contribution >= 0.6 is 7.14 Å². The summed E-state index contributed by atoms with van der Waals surface area (Å²) in [6.45, 7) is 3.35. The van der Waals surface area contributed by atoms with Crippen molar-refractivity contribution in [2.75, 3.05) is 12.7 Å². The van der Waals surface area contributed by atoms with Crippen LogP contribution in [0.1, 0.15) is 11.4 Å². The molecule has 3 aromatic rings. The van der Waals surface area contributed by atoms with Crippen LogP contribution in [-0.4, -0.2) is 17.7 Å². The first-order valence-electron chi connectivity index (χ1n) is 8.52. The molecule has 0 bridgehead atoms. The average molecular weight is 350 g/mol. The van der Waals surface area contributed by atoms with Gasteiger partial charge in [-0.15, -0.1) is 0 Å². The first-order valence-corrected chi connectivity index (χ1v) is 10.4. The monoisotopic (exact) mass is 350 g/mol. The van der Waals surface area contributed by atoms with E-state index in [1.54, 1.807) is 0 Å². The highest BCUT2D eigenvalue weighted by Gasteiger charge is 2.26. The fourth-order valence-corrected chi connectivity index (χ4v) is 5.49. The summed E-state index contributed by atoms with van der Waals surface area (Å²) in [4.78, 5) is 4.49. The highest BCUT2D eigenvalue weighted by atomic mass is 31.2. The van der Waals surface area contributed by atoms with Crippen LogP contribution in [0.25, 0.3) is 0 Å².